The lowest BCUT2D eigenvalue weighted by Crippen LogP contribution is -2.20. The molecule has 1 atom stereocenters. The summed E-state index contributed by atoms with van der Waals surface area (Å²) < 4.78 is 4.80. The molecule has 0 aliphatic carbocycles. The molecule has 0 heterocycles. The van der Waals surface area contributed by atoms with Crippen LogP contribution in [-0.2, 0) is 9.53 Å². The first-order valence-electron chi connectivity index (χ1n) is 3.46. The summed E-state index contributed by atoms with van der Waals surface area (Å²) in [6.45, 7) is 5.66. The molecule has 4 heteroatoms. The van der Waals surface area contributed by atoms with E-state index in [9.17, 15) is 4.79 Å². The Bertz CT molecular complexity index is 183. The maximum absolute atomic E-state index is 10.6. The fourth-order valence-corrected chi connectivity index (χ4v) is 0.397. The summed E-state index contributed by atoms with van der Waals surface area (Å²) in [5, 5.41) is 0. The van der Waals surface area contributed by atoms with Crippen molar-refractivity contribution in [3.63, 3.8) is 0 Å². The van der Waals surface area contributed by atoms with E-state index in [1.54, 1.807) is 6.92 Å². The average Bonchev–Trinajstić information content (AvgIpc) is 1.87. The Balaban J connectivity index is 3.84. The minimum Gasteiger partial charge on any atom is -0.454 e. The second-order valence-corrected chi connectivity index (χ2v) is 2.63. The predicted molar refractivity (Wildman–Crippen MR) is 40.1 cm³/mol. The van der Waals surface area contributed by atoms with Crippen molar-refractivity contribution in [2.45, 2.75) is 26.9 Å². The second-order valence-electron chi connectivity index (χ2n) is 2.63. The number of hydrogen-bond donors (Lipinski definition) is 0. The second kappa shape index (κ2) is 4.63. The van der Waals surface area contributed by atoms with Gasteiger partial charge in [-0.05, 0) is 12.8 Å². The van der Waals surface area contributed by atoms with Crippen LogP contribution >= 0.6 is 0 Å². The van der Waals surface area contributed by atoms with Crippen molar-refractivity contribution in [1.82, 2.24) is 0 Å². The summed E-state index contributed by atoms with van der Waals surface area (Å²) in [6, 6.07) is 0. The number of carbonyl (C=O) groups is 1. The van der Waals surface area contributed by atoms with Gasteiger partial charge in [0.1, 0.15) is 6.10 Å². The van der Waals surface area contributed by atoms with Crippen molar-refractivity contribution in [1.29, 1.82) is 0 Å². The van der Waals surface area contributed by atoms with Crippen LogP contribution in [0.1, 0.15) is 20.8 Å². The van der Waals surface area contributed by atoms with E-state index >= 15 is 0 Å². The highest BCUT2D eigenvalue weighted by Crippen LogP contribution is 2.04. The van der Waals surface area contributed by atoms with Crippen LogP contribution in [0.15, 0.2) is 0 Å². The number of rotatable bonds is 3. The van der Waals surface area contributed by atoms with E-state index in [0.29, 0.717) is 0 Å². The summed E-state index contributed by atoms with van der Waals surface area (Å²) in [5.74, 6) is -0.347. The van der Waals surface area contributed by atoms with Gasteiger partial charge in [-0.15, -0.1) is 0 Å². The highest BCUT2D eigenvalue weighted by atomic mass is 16.5. The zero-order valence-electron chi connectivity index (χ0n) is 6.94. The lowest BCUT2D eigenvalue weighted by molar-refractivity contribution is -0.145. The Morgan fingerprint density at radius 2 is 2.09 bits per heavy atom. The lowest BCUT2D eigenvalue weighted by Gasteiger charge is -2.13. The first kappa shape index (κ1) is 9.85. The number of nitrogens with zero attached hydrogens (tertiary/aromatic N) is 2. The van der Waals surface area contributed by atoms with Gasteiger partial charge in [0, 0.05) is 0 Å². The van der Waals surface area contributed by atoms with Gasteiger partial charge in [-0.25, -0.2) is 4.79 Å². The van der Waals surface area contributed by atoms with Gasteiger partial charge in [0.25, 0.3) is 0 Å². The molecule has 0 aliphatic heterocycles. The summed E-state index contributed by atoms with van der Waals surface area (Å²) in [7, 11) is 0. The monoisotopic (exact) mass is 156 g/mol. The van der Waals surface area contributed by atoms with Crippen LogP contribution in [-0.4, -0.2) is 23.1 Å². The van der Waals surface area contributed by atoms with Crippen LogP contribution < -0.4 is 0 Å². The van der Waals surface area contributed by atoms with Gasteiger partial charge in [0.2, 0.25) is 0 Å². The minimum absolute atomic E-state index is 0.152. The highest BCUT2D eigenvalue weighted by molar-refractivity contribution is 6.20. The molecule has 4 nitrogen and oxygen atoms in total. The molecular weight excluding hydrogens is 144 g/mol. The zero-order valence-corrected chi connectivity index (χ0v) is 6.94. The molecule has 0 aromatic heterocycles. The molecule has 0 saturated carbocycles. The van der Waals surface area contributed by atoms with Gasteiger partial charge in [-0.3, -0.25) is 0 Å². The number of carbonyl (C=O) groups excluding carboxylic acids is 1. The molecule has 0 aromatic carbocycles. The van der Waals surface area contributed by atoms with E-state index in [-0.39, 0.29) is 12.0 Å². The molecule has 0 aromatic rings. The number of hydrogen-bond acceptors (Lipinski definition) is 2. The van der Waals surface area contributed by atoms with Gasteiger partial charge in [0.05, 0.1) is 0 Å². The van der Waals surface area contributed by atoms with Crippen molar-refractivity contribution < 1.29 is 14.3 Å². The van der Waals surface area contributed by atoms with Crippen LogP contribution in [0.25, 0.3) is 5.53 Å². The Hall–Kier alpha value is -1.15. The van der Waals surface area contributed by atoms with E-state index in [2.05, 4.69) is 4.79 Å². The van der Waals surface area contributed by atoms with E-state index in [4.69, 9.17) is 10.3 Å². The Kier molecular flexibility index (Phi) is 4.15. The van der Waals surface area contributed by atoms with Crippen LogP contribution in [0.4, 0.5) is 0 Å². The summed E-state index contributed by atoms with van der Waals surface area (Å²) in [5.41, 5.74) is 7.96. The van der Waals surface area contributed by atoms with Crippen molar-refractivity contribution in [2.75, 3.05) is 0 Å². The molecule has 0 spiro atoms. The molecule has 11 heavy (non-hydrogen) atoms. The third kappa shape index (κ3) is 4.28. The van der Waals surface area contributed by atoms with Gasteiger partial charge in [-0.1, -0.05) is 13.8 Å². The van der Waals surface area contributed by atoms with Crippen molar-refractivity contribution >= 4 is 12.2 Å². The summed E-state index contributed by atoms with van der Waals surface area (Å²) in [4.78, 5) is 13.2. The molecule has 0 bridgehead atoms. The first-order chi connectivity index (χ1) is 5.07. The number of ether oxygens (including phenoxy) is 1. The van der Waals surface area contributed by atoms with E-state index in [1.165, 1.54) is 0 Å². The van der Waals surface area contributed by atoms with Crippen LogP contribution in [0.5, 0.6) is 0 Å². The van der Waals surface area contributed by atoms with E-state index < -0.39 is 5.97 Å². The Morgan fingerprint density at radius 1 is 1.55 bits per heavy atom. The molecule has 62 valence electrons. The fraction of sp³-hybridized carbons (Fsp3) is 0.714. The predicted octanol–water partition coefficient (Wildman–Crippen LogP) is 0.875. The van der Waals surface area contributed by atoms with Gasteiger partial charge in [0.15, 0.2) is 0 Å². The van der Waals surface area contributed by atoms with Crippen molar-refractivity contribution in [3.05, 3.63) is 5.53 Å². The standard InChI is InChI=1S/C7H12N2O2/c1-5(2)6(3)11-7(10)4-9-8/h4-6H,1-3H3. The SMILES string of the molecule is CC(C)C(C)OC(=O)C=[N+]=[N-]. The number of esters is 1. The largest absolute Gasteiger partial charge is 0.454 e. The third-order valence-corrected chi connectivity index (χ3v) is 1.40. The zero-order chi connectivity index (χ0) is 8.85. The Labute approximate surface area is 65.8 Å². The normalized spacial score (nSPS) is 12.0. The first-order valence-corrected chi connectivity index (χ1v) is 3.46. The molecule has 0 amide bonds. The molecule has 0 N–H and O–H groups in total. The van der Waals surface area contributed by atoms with Crippen LogP contribution in [0, 0.1) is 5.92 Å². The van der Waals surface area contributed by atoms with Gasteiger partial charge >= 0.3 is 12.2 Å². The fourth-order valence-electron chi connectivity index (χ4n) is 0.397. The quantitative estimate of drug-likeness (QED) is 0.263. The maximum Gasteiger partial charge on any atom is 0.413 e. The topological polar surface area (TPSA) is 62.7 Å². The molecular formula is C7H12N2O2. The molecule has 1 unspecified atom stereocenters. The molecule has 0 aliphatic rings. The molecule has 0 radical (unpaired) electrons. The summed E-state index contributed by atoms with van der Waals surface area (Å²) >= 11 is 0. The lowest BCUT2D eigenvalue weighted by atomic mass is 10.1. The van der Waals surface area contributed by atoms with Gasteiger partial charge < -0.3 is 10.3 Å². The smallest absolute Gasteiger partial charge is 0.413 e. The summed E-state index contributed by atoms with van der Waals surface area (Å²) in [6.07, 6.45) is 0.583. The van der Waals surface area contributed by atoms with Crippen molar-refractivity contribution in [3.8, 4) is 0 Å². The van der Waals surface area contributed by atoms with Crippen LogP contribution in [0.3, 0.4) is 0 Å². The molecule has 0 saturated heterocycles. The highest BCUT2D eigenvalue weighted by Gasteiger charge is 2.13. The van der Waals surface area contributed by atoms with Crippen molar-refractivity contribution in [2.24, 2.45) is 5.92 Å². The molecule has 0 fully saturated rings. The average molecular weight is 156 g/mol. The minimum atomic E-state index is -0.617. The third-order valence-electron chi connectivity index (χ3n) is 1.40. The van der Waals surface area contributed by atoms with E-state index in [0.717, 1.165) is 6.21 Å². The molecule has 0 rings (SSSR count). The van der Waals surface area contributed by atoms with Gasteiger partial charge in [-0.2, -0.15) is 4.79 Å². The Morgan fingerprint density at radius 3 is 2.45 bits per heavy atom. The van der Waals surface area contributed by atoms with E-state index in [1.807, 2.05) is 13.8 Å². The van der Waals surface area contributed by atoms with Crippen LogP contribution in [0.2, 0.25) is 0 Å². The maximum atomic E-state index is 10.6.